The lowest BCUT2D eigenvalue weighted by Crippen LogP contribution is -2.47. The largest absolute Gasteiger partial charge is 0.383 e. The van der Waals surface area contributed by atoms with Gasteiger partial charge >= 0.3 is 0 Å². The zero-order valence-corrected chi connectivity index (χ0v) is 15.3. The molecule has 4 rings (SSSR count). The van der Waals surface area contributed by atoms with Crippen LogP contribution in [0.1, 0.15) is 0 Å². The number of allylic oxidation sites excluding steroid dienone is 1. The van der Waals surface area contributed by atoms with Crippen LogP contribution >= 0.6 is 0 Å². The van der Waals surface area contributed by atoms with Crippen molar-refractivity contribution in [3.05, 3.63) is 43.3 Å². The van der Waals surface area contributed by atoms with E-state index in [1.807, 2.05) is 17.3 Å². The van der Waals surface area contributed by atoms with Crippen LogP contribution in [0.2, 0.25) is 0 Å². The van der Waals surface area contributed by atoms with Gasteiger partial charge in [-0.3, -0.25) is 10.3 Å². The lowest BCUT2D eigenvalue weighted by atomic mass is 10.3. The topological polar surface area (TPSA) is 87.5 Å². The molecule has 142 valence electrons. The molecule has 2 aromatic heterocycles. The summed E-state index contributed by atoms with van der Waals surface area (Å²) < 4.78 is 6.83. The first-order valence-electron chi connectivity index (χ1n) is 8.87. The number of rotatable bonds is 6. The third-order valence-corrected chi connectivity index (χ3v) is 4.74. The number of aromatic nitrogens is 5. The van der Waals surface area contributed by atoms with Gasteiger partial charge in [-0.1, -0.05) is 11.8 Å². The van der Waals surface area contributed by atoms with E-state index in [-0.39, 0.29) is 0 Å². The zero-order chi connectivity index (χ0) is 18.6. The van der Waals surface area contributed by atoms with Crippen LogP contribution in [0.15, 0.2) is 43.3 Å². The second-order valence-corrected chi connectivity index (χ2v) is 6.34. The second-order valence-electron chi connectivity index (χ2n) is 6.34. The summed E-state index contributed by atoms with van der Waals surface area (Å²) in [4.78, 5) is 13.5. The Hall–Kier alpha value is -2.98. The van der Waals surface area contributed by atoms with E-state index in [4.69, 9.17) is 4.74 Å². The van der Waals surface area contributed by atoms with E-state index in [2.05, 4.69) is 42.1 Å². The average molecular weight is 369 g/mol. The van der Waals surface area contributed by atoms with Gasteiger partial charge in [-0.05, 0) is 0 Å². The van der Waals surface area contributed by atoms with Crippen LogP contribution < -0.4 is 15.3 Å². The summed E-state index contributed by atoms with van der Waals surface area (Å²) in [6.07, 6.45) is 6.82. The summed E-state index contributed by atoms with van der Waals surface area (Å²) in [6, 6.07) is 1.97. The smallest absolute Gasteiger partial charge is 0.157 e. The number of anilines is 2. The molecule has 4 heterocycles. The summed E-state index contributed by atoms with van der Waals surface area (Å²) in [6.45, 7) is 9.72. The third kappa shape index (κ3) is 3.62. The van der Waals surface area contributed by atoms with E-state index in [9.17, 15) is 0 Å². The molecule has 0 saturated carbocycles. The van der Waals surface area contributed by atoms with Crippen LogP contribution in [0.4, 0.5) is 11.6 Å². The zero-order valence-electron chi connectivity index (χ0n) is 15.3. The monoisotopic (exact) mass is 369 g/mol. The Balaban J connectivity index is 1.43. The molecule has 2 aromatic rings. The van der Waals surface area contributed by atoms with E-state index in [1.54, 1.807) is 30.5 Å². The average Bonchev–Trinajstić information content (AvgIpc) is 3.36. The lowest BCUT2D eigenvalue weighted by Gasteiger charge is -2.35. The molecule has 1 N–H and O–H groups in total. The van der Waals surface area contributed by atoms with Crippen molar-refractivity contribution in [3.63, 3.8) is 0 Å². The number of nitrogens with zero attached hydrogens (tertiary/aromatic N) is 8. The molecule has 0 bridgehead atoms. The molecule has 1 fully saturated rings. The van der Waals surface area contributed by atoms with Crippen molar-refractivity contribution in [1.29, 1.82) is 0 Å². The standard InChI is InChI=1S/C17H23N9O/c1-14-15(25-4-3-20-22-25)12-21-26(14)17-11-16(18-13-19-17)24-7-5-23(6-8-24)9-10-27-2/h3-4,11-13,21H,1,5-10H2,2H3. The maximum absolute atomic E-state index is 5.16. The predicted molar refractivity (Wildman–Crippen MR) is 102 cm³/mol. The molecular formula is C17H23N9O. The van der Waals surface area contributed by atoms with E-state index >= 15 is 0 Å². The number of methoxy groups -OCH3 is 1. The highest BCUT2D eigenvalue weighted by atomic mass is 16.5. The fraction of sp³-hybridized carbons (Fsp3) is 0.412. The van der Waals surface area contributed by atoms with Crippen molar-refractivity contribution in [2.75, 3.05) is 56.3 Å². The van der Waals surface area contributed by atoms with Crippen LogP contribution in [0, 0.1) is 0 Å². The highest BCUT2D eigenvalue weighted by Crippen LogP contribution is 2.27. The maximum Gasteiger partial charge on any atom is 0.157 e. The van der Waals surface area contributed by atoms with Gasteiger partial charge in [-0.2, -0.15) is 0 Å². The highest BCUT2D eigenvalue weighted by Gasteiger charge is 2.24. The minimum atomic E-state index is 0.734. The molecule has 2 aliphatic rings. The molecule has 10 nitrogen and oxygen atoms in total. The van der Waals surface area contributed by atoms with Crippen LogP contribution in [0.5, 0.6) is 0 Å². The molecule has 27 heavy (non-hydrogen) atoms. The van der Waals surface area contributed by atoms with Crippen molar-refractivity contribution < 1.29 is 4.74 Å². The number of ether oxygens (including phenoxy) is 1. The number of hydrogen-bond acceptors (Lipinski definition) is 9. The Morgan fingerprint density at radius 1 is 1.19 bits per heavy atom. The Labute approximate surface area is 157 Å². The first-order valence-corrected chi connectivity index (χ1v) is 8.87. The number of nitrogens with one attached hydrogen (secondary N) is 1. The van der Waals surface area contributed by atoms with Crippen LogP contribution in [0.3, 0.4) is 0 Å². The number of hydrogen-bond donors (Lipinski definition) is 1. The summed E-state index contributed by atoms with van der Waals surface area (Å²) in [5.41, 5.74) is 4.74. The molecule has 0 radical (unpaired) electrons. The van der Waals surface area contributed by atoms with Gasteiger partial charge in [0.1, 0.15) is 17.8 Å². The molecule has 2 aliphatic heterocycles. The lowest BCUT2D eigenvalue weighted by molar-refractivity contribution is 0.144. The third-order valence-electron chi connectivity index (χ3n) is 4.74. The molecular weight excluding hydrogens is 346 g/mol. The fourth-order valence-corrected chi connectivity index (χ4v) is 3.19. The number of piperazine rings is 1. The van der Waals surface area contributed by atoms with Gasteiger partial charge < -0.3 is 9.64 Å². The quantitative estimate of drug-likeness (QED) is 0.766. The first-order chi connectivity index (χ1) is 13.3. The van der Waals surface area contributed by atoms with Gasteiger partial charge in [-0.15, -0.1) is 5.10 Å². The molecule has 0 amide bonds. The van der Waals surface area contributed by atoms with E-state index in [0.29, 0.717) is 0 Å². The van der Waals surface area contributed by atoms with Gasteiger partial charge in [0.15, 0.2) is 5.82 Å². The molecule has 0 aliphatic carbocycles. The second kappa shape index (κ2) is 7.72. The Morgan fingerprint density at radius 3 is 2.74 bits per heavy atom. The molecule has 0 aromatic carbocycles. The highest BCUT2D eigenvalue weighted by molar-refractivity contribution is 5.73. The molecule has 0 spiro atoms. The van der Waals surface area contributed by atoms with Gasteiger partial charge in [0.25, 0.3) is 0 Å². The van der Waals surface area contributed by atoms with Crippen LogP contribution in [0.25, 0.3) is 5.70 Å². The van der Waals surface area contributed by atoms with Crippen LogP contribution in [-0.4, -0.2) is 76.3 Å². The molecule has 10 heteroatoms. The fourth-order valence-electron chi connectivity index (χ4n) is 3.19. The van der Waals surface area contributed by atoms with Gasteiger partial charge in [0.2, 0.25) is 0 Å². The summed E-state index contributed by atoms with van der Waals surface area (Å²) in [5.74, 6) is 1.65. The Kier molecular flexibility index (Phi) is 4.99. The SMILES string of the molecule is C=C1C(n2ccnn2)=CNN1c1cc(N2CCN(CCOC)CC2)ncn1. The summed E-state index contributed by atoms with van der Waals surface area (Å²) in [7, 11) is 1.74. The van der Waals surface area contributed by atoms with Crippen molar-refractivity contribution in [3.8, 4) is 0 Å². The van der Waals surface area contributed by atoms with E-state index in [0.717, 1.165) is 62.4 Å². The predicted octanol–water partition coefficient (Wildman–Crippen LogP) is 0.173. The van der Waals surface area contributed by atoms with E-state index in [1.165, 1.54) is 0 Å². The number of hydrazine groups is 1. The normalized spacial score (nSPS) is 18.0. The Bertz CT molecular complexity index is 812. The van der Waals surface area contributed by atoms with Crippen molar-refractivity contribution >= 4 is 17.3 Å². The molecule has 1 saturated heterocycles. The molecule has 0 unspecified atom stereocenters. The van der Waals surface area contributed by atoms with Gasteiger partial charge in [0.05, 0.1) is 24.7 Å². The van der Waals surface area contributed by atoms with Crippen molar-refractivity contribution in [1.82, 2.24) is 35.3 Å². The van der Waals surface area contributed by atoms with Gasteiger partial charge in [-0.25, -0.2) is 19.7 Å². The van der Waals surface area contributed by atoms with E-state index < -0.39 is 0 Å². The van der Waals surface area contributed by atoms with Crippen LogP contribution in [-0.2, 0) is 4.74 Å². The van der Waals surface area contributed by atoms with Crippen molar-refractivity contribution in [2.45, 2.75) is 0 Å². The van der Waals surface area contributed by atoms with Gasteiger partial charge in [0, 0.05) is 52.1 Å². The summed E-state index contributed by atoms with van der Waals surface area (Å²) >= 11 is 0. The minimum Gasteiger partial charge on any atom is -0.383 e. The molecule has 0 atom stereocenters. The first kappa shape index (κ1) is 17.4. The minimum absolute atomic E-state index is 0.734. The van der Waals surface area contributed by atoms with Crippen molar-refractivity contribution in [2.24, 2.45) is 0 Å². The maximum atomic E-state index is 5.16. The Morgan fingerprint density at radius 2 is 2.00 bits per heavy atom. The summed E-state index contributed by atoms with van der Waals surface area (Å²) in [5, 5.41) is 9.67.